The van der Waals surface area contributed by atoms with Crippen molar-refractivity contribution in [1.29, 1.82) is 0 Å². The van der Waals surface area contributed by atoms with Gasteiger partial charge in [-0.15, -0.1) is 4.28 Å². The van der Waals surface area contributed by atoms with E-state index >= 15 is 0 Å². The Morgan fingerprint density at radius 2 is 1.75 bits per heavy atom. The molecule has 0 aliphatic heterocycles. The van der Waals surface area contributed by atoms with Crippen molar-refractivity contribution in [2.24, 2.45) is 5.73 Å². The van der Waals surface area contributed by atoms with Gasteiger partial charge in [-0.05, 0) is 0 Å². The molecule has 0 aliphatic rings. The summed E-state index contributed by atoms with van der Waals surface area (Å²) in [4.78, 5) is 20.8. The Kier molecular flexibility index (Phi) is 4.68. The van der Waals surface area contributed by atoms with Crippen molar-refractivity contribution in [1.82, 2.24) is 5.48 Å². The minimum Gasteiger partial charge on any atom is -0.370 e. The monoisotopic (exact) mass is 264 g/mol. The molecule has 0 rings (SSSR count). The topological polar surface area (TPSA) is 116 Å². The molecule has 0 aromatic rings. The van der Waals surface area contributed by atoms with E-state index in [1.807, 2.05) is 0 Å². The fourth-order valence-electron chi connectivity index (χ4n) is 0.436. The fourth-order valence-corrected chi connectivity index (χ4v) is 0.733. The van der Waals surface area contributed by atoms with Crippen molar-refractivity contribution in [2.45, 2.75) is 18.3 Å². The van der Waals surface area contributed by atoms with Gasteiger partial charge in [-0.2, -0.15) is 21.6 Å². The quantitative estimate of drug-likeness (QED) is 0.495. The lowest BCUT2D eigenvalue weighted by Crippen LogP contribution is -2.34. The third-order valence-corrected chi connectivity index (χ3v) is 2.02. The minimum atomic E-state index is -5.88. The summed E-state index contributed by atoms with van der Waals surface area (Å²) in [6.07, 6.45) is -1.02. The van der Waals surface area contributed by atoms with Gasteiger partial charge in [0.05, 0.1) is 0 Å². The van der Waals surface area contributed by atoms with Crippen molar-refractivity contribution in [2.75, 3.05) is 0 Å². The summed E-state index contributed by atoms with van der Waals surface area (Å²) in [6, 6.07) is 0. The Morgan fingerprint density at radius 3 is 2.12 bits per heavy atom. The van der Waals surface area contributed by atoms with Gasteiger partial charge in [0.25, 0.3) is 0 Å². The van der Waals surface area contributed by atoms with Crippen LogP contribution in [0.4, 0.5) is 13.2 Å². The molecule has 0 unspecified atom stereocenters. The molecule has 0 atom stereocenters. The Hall–Kier alpha value is -1.36. The Balaban J connectivity index is 4.17. The predicted molar refractivity (Wildman–Crippen MR) is 42.6 cm³/mol. The zero-order valence-electron chi connectivity index (χ0n) is 7.57. The van der Waals surface area contributed by atoms with Crippen LogP contribution in [0.25, 0.3) is 0 Å². The number of hydrogen-bond donors (Lipinski definition) is 2. The van der Waals surface area contributed by atoms with Crippen LogP contribution < -0.4 is 11.2 Å². The summed E-state index contributed by atoms with van der Waals surface area (Å²) in [5, 5.41) is 0. The van der Waals surface area contributed by atoms with E-state index in [0.717, 1.165) is 5.48 Å². The second-order valence-corrected chi connectivity index (χ2v) is 4.01. The first-order valence-corrected chi connectivity index (χ1v) is 5.04. The average molecular weight is 264 g/mol. The molecule has 0 heterocycles. The van der Waals surface area contributed by atoms with Crippen LogP contribution >= 0.6 is 0 Å². The largest absolute Gasteiger partial charge is 0.525 e. The van der Waals surface area contributed by atoms with Crippen LogP contribution in [0.1, 0.15) is 12.8 Å². The Morgan fingerprint density at radius 1 is 1.25 bits per heavy atom. The predicted octanol–water partition coefficient (Wildman–Crippen LogP) is -0.851. The highest BCUT2D eigenvalue weighted by molar-refractivity contribution is 7.87. The molecule has 0 aromatic heterocycles. The third-order valence-electron chi connectivity index (χ3n) is 1.15. The summed E-state index contributed by atoms with van der Waals surface area (Å²) in [7, 11) is -5.88. The van der Waals surface area contributed by atoms with Gasteiger partial charge in [0, 0.05) is 12.8 Å². The number of nitrogens with two attached hydrogens (primary N) is 1. The van der Waals surface area contributed by atoms with Crippen LogP contribution in [0.2, 0.25) is 0 Å². The molecule has 0 bridgehead atoms. The molecule has 0 radical (unpaired) electrons. The van der Waals surface area contributed by atoms with Gasteiger partial charge >= 0.3 is 15.6 Å². The molecule has 0 saturated heterocycles. The Labute approximate surface area is 87.8 Å². The highest BCUT2D eigenvalue weighted by Gasteiger charge is 2.48. The van der Waals surface area contributed by atoms with Crippen molar-refractivity contribution in [3.63, 3.8) is 0 Å². The van der Waals surface area contributed by atoms with E-state index < -0.39 is 40.3 Å². The van der Waals surface area contributed by atoms with Gasteiger partial charge in [0.1, 0.15) is 0 Å². The van der Waals surface area contributed by atoms with Crippen LogP contribution in [0, 0.1) is 0 Å². The van der Waals surface area contributed by atoms with E-state index in [4.69, 9.17) is 0 Å². The molecule has 7 nitrogen and oxygen atoms in total. The standard InChI is InChI=1S/C5H7F3N2O5S/c6-5(7,8)16(13,14)15-10-4(12)2-1-3(9)11/h1-2H2,(H2,9,11)(H,10,12). The van der Waals surface area contributed by atoms with Crippen LogP contribution in [-0.2, 0) is 24.0 Å². The first-order valence-electron chi connectivity index (χ1n) is 3.63. The summed E-state index contributed by atoms with van der Waals surface area (Å²) >= 11 is 0. The van der Waals surface area contributed by atoms with Crippen LogP contribution in [0.15, 0.2) is 0 Å². The summed E-state index contributed by atoms with van der Waals surface area (Å²) in [6.45, 7) is 0. The number of amides is 2. The van der Waals surface area contributed by atoms with Gasteiger partial charge in [-0.25, -0.2) is 5.48 Å². The molecule has 94 valence electrons. The van der Waals surface area contributed by atoms with E-state index in [1.54, 1.807) is 0 Å². The number of rotatable bonds is 5. The van der Waals surface area contributed by atoms with E-state index in [-0.39, 0.29) is 0 Å². The number of carbonyl (C=O) groups is 2. The maximum atomic E-state index is 11.7. The first kappa shape index (κ1) is 14.6. The fraction of sp³-hybridized carbons (Fsp3) is 0.600. The molecule has 2 amide bonds. The number of hydroxylamine groups is 1. The first-order chi connectivity index (χ1) is 7.06. The lowest BCUT2D eigenvalue weighted by molar-refractivity contribution is -0.130. The number of primary amides is 1. The minimum absolute atomic E-state index is 0.443. The van der Waals surface area contributed by atoms with Crippen molar-refractivity contribution < 1.29 is 35.5 Å². The number of alkyl halides is 3. The van der Waals surface area contributed by atoms with Gasteiger partial charge in [0.15, 0.2) is 0 Å². The van der Waals surface area contributed by atoms with Crippen LogP contribution in [-0.4, -0.2) is 25.7 Å². The molecule has 0 aromatic carbocycles. The SMILES string of the molecule is NC(=O)CCC(=O)NOS(=O)(=O)C(F)(F)F. The third kappa shape index (κ3) is 4.93. The summed E-state index contributed by atoms with van der Waals surface area (Å²) < 4.78 is 58.6. The van der Waals surface area contributed by atoms with E-state index in [2.05, 4.69) is 10.0 Å². The van der Waals surface area contributed by atoms with Gasteiger partial charge in [-0.1, -0.05) is 0 Å². The highest BCUT2D eigenvalue weighted by Crippen LogP contribution is 2.23. The normalized spacial score (nSPS) is 12.2. The van der Waals surface area contributed by atoms with Crippen molar-refractivity contribution >= 4 is 21.9 Å². The van der Waals surface area contributed by atoms with Gasteiger partial charge < -0.3 is 5.73 Å². The molecular formula is C5H7F3N2O5S. The summed E-state index contributed by atoms with van der Waals surface area (Å²) in [5.74, 6) is -2.08. The molecule has 0 spiro atoms. The zero-order chi connectivity index (χ0) is 13.0. The average Bonchev–Trinajstić information content (AvgIpc) is 2.09. The summed E-state index contributed by atoms with van der Waals surface area (Å²) in [5.41, 5.74) is 0.0292. The number of halogens is 3. The molecule has 3 N–H and O–H groups in total. The molecule has 0 aliphatic carbocycles. The second-order valence-electron chi connectivity index (χ2n) is 2.47. The molecule has 11 heteroatoms. The van der Waals surface area contributed by atoms with E-state index in [0.29, 0.717) is 0 Å². The number of carbonyl (C=O) groups excluding carboxylic acids is 2. The maximum absolute atomic E-state index is 11.7. The number of hydrogen-bond acceptors (Lipinski definition) is 5. The van der Waals surface area contributed by atoms with Crippen LogP contribution in [0.3, 0.4) is 0 Å². The Bertz CT molecular complexity index is 376. The van der Waals surface area contributed by atoms with Gasteiger partial charge in [-0.3, -0.25) is 9.59 Å². The smallest absolute Gasteiger partial charge is 0.370 e. The lowest BCUT2D eigenvalue weighted by Gasteiger charge is -2.07. The van der Waals surface area contributed by atoms with Crippen molar-refractivity contribution in [3.05, 3.63) is 0 Å². The zero-order valence-corrected chi connectivity index (χ0v) is 8.39. The highest BCUT2D eigenvalue weighted by atomic mass is 32.2. The molecular weight excluding hydrogens is 257 g/mol. The van der Waals surface area contributed by atoms with E-state index in [1.165, 1.54) is 0 Å². The second kappa shape index (κ2) is 5.12. The van der Waals surface area contributed by atoms with E-state index in [9.17, 15) is 31.2 Å². The van der Waals surface area contributed by atoms with Gasteiger partial charge in [0.2, 0.25) is 11.8 Å². The van der Waals surface area contributed by atoms with Crippen molar-refractivity contribution in [3.8, 4) is 0 Å². The number of nitrogens with one attached hydrogen (secondary N) is 1. The molecule has 0 saturated carbocycles. The molecule has 0 fully saturated rings. The lowest BCUT2D eigenvalue weighted by atomic mass is 10.3. The maximum Gasteiger partial charge on any atom is 0.525 e. The molecule has 16 heavy (non-hydrogen) atoms. The van der Waals surface area contributed by atoms with Crippen LogP contribution in [0.5, 0.6) is 0 Å².